The summed E-state index contributed by atoms with van der Waals surface area (Å²) in [4.78, 5) is 9.95. The quantitative estimate of drug-likeness (QED) is 0.153. The maximum absolute atomic E-state index is 6.15. The Balaban J connectivity index is 1.52. The van der Waals surface area contributed by atoms with Crippen LogP contribution in [0.3, 0.4) is 0 Å². The molecule has 0 N–H and O–H groups in total. The van der Waals surface area contributed by atoms with Gasteiger partial charge >= 0.3 is 0 Å². The smallest absolute Gasteiger partial charge is 0.127 e. The second-order valence-electron chi connectivity index (χ2n) is 15.5. The third-order valence-corrected chi connectivity index (χ3v) is 11.3. The predicted molar refractivity (Wildman–Crippen MR) is 234 cm³/mol. The van der Waals surface area contributed by atoms with Gasteiger partial charge in [-0.25, -0.2) is 9.98 Å². The van der Waals surface area contributed by atoms with E-state index in [2.05, 4.69) is 140 Å². The van der Waals surface area contributed by atoms with Gasteiger partial charge in [0, 0.05) is 16.5 Å². The highest BCUT2D eigenvalue weighted by Gasteiger charge is 2.35. The molecule has 0 spiro atoms. The van der Waals surface area contributed by atoms with Crippen molar-refractivity contribution in [2.24, 2.45) is 9.98 Å². The van der Waals surface area contributed by atoms with Crippen molar-refractivity contribution in [3.05, 3.63) is 187 Å². The number of aliphatic imine (C=N–C) groups is 2. The molecule has 0 saturated heterocycles. The summed E-state index contributed by atoms with van der Waals surface area (Å²) in [6.07, 6.45) is 0.747. The molecule has 0 aromatic heterocycles. The van der Waals surface area contributed by atoms with Gasteiger partial charge in [-0.2, -0.15) is 0 Å². The zero-order valence-corrected chi connectivity index (χ0v) is 34.3. The third kappa shape index (κ3) is 7.18. The molecule has 280 valence electrons. The molecule has 1 aliphatic rings. The van der Waals surface area contributed by atoms with Gasteiger partial charge in [0.05, 0.1) is 36.7 Å². The largest absolute Gasteiger partial charge is 0.496 e. The van der Waals surface area contributed by atoms with Gasteiger partial charge in [0.15, 0.2) is 0 Å². The molecule has 0 fully saturated rings. The van der Waals surface area contributed by atoms with Crippen LogP contribution in [0.4, 0.5) is 11.4 Å². The Bertz CT molecular complexity index is 2630. The maximum Gasteiger partial charge on any atom is 0.127 e. The van der Waals surface area contributed by atoms with Crippen molar-refractivity contribution in [2.45, 2.75) is 67.2 Å². The molecule has 1 atom stereocenters. The van der Waals surface area contributed by atoms with Crippen LogP contribution in [-0.2, 0) is 11.8 Å². The minimum absolute atomic E-state index is 0.453. The maximum atomic E-state index is 6.15. The number of methoxy groups -OCH3 is 2. The Morgan fingerprint density at radius 1 is 0.589 bits per heavy atom. The van der Waals surface area contributed by atoms with Crippen molar-refractivity contribution >= 4 is 34.3 Å². The highest BCUT2D eigenvalue weighted by Crippen LogP contribution is 2.46. The van der Waals surface area contributed by atoms with Crippen LogP contribution in [-0.4, -0.2) is 26.0 Å². The molecule has 0 heterocycles. The summed E-state index contributed by atoms with van der Waals surface area (Å²) in [6.45, 7) is 17.4. The van der Waals surface area contributed by atoms with Crippen molar-refractivity contribution in [3.63, 3.8) is 0 Å². The molecule has 6 aromatic carbocycles. The van der Waals surface area contributed by atoms with Crippen LogP contribution in [0.5, 0.6) is 11.5 Å². The minimum atomic E-state index is -0.453. The van der Waals surface area contributed by atoms with E-state index in [9.17, 15) is 0 Å². The average Bonchev–Trinajstić information content (AvgIpc) is 3.17. The Labute approximate surface area is 332 Å². The molecular weight excluding hydrogens is 685 g/mol. The zero-order chi connectivity index (χ0) is 39.7. The van der Waals surface area contributed by atoms with Gasteiger partial charge in [0.25, 0.3) is 0 Å². The van der Waals surface area contributed by atoms with E-state index in [1.807, 2.05) is 36.4 Å². The molecule has 0 amide bonds. The number of fused-ring (bicyclic) bond motifs is 3. The van der Waals surface area contributed by atoms with Crippen LogP contribution >= 0.6 is 0 Å². The zero-order valence-electron chi connectivity index (χ0n) is 34.3. The lowest BCUT2D eigenvalue weighted by Crippen LogP contribution is -2.29. The summed E-state index contributed by atoms with van der Waals surface area (Å²) in [7, 11) is 3.48. The van der Waals surface area contributed by atoms with Crippen LogP contribution < -0.4 is 9.47 Å². The molecule has 56 heavy (non-hydrogen) atoms. The van der Waals surface area contributed by atoms with Crippen LogP contribution in [0.1, 0.15) is 84.8 Å². The third-order valence-electron chi connectivity index (χ3n) is 11.3. The average molecular weight is 735 g/mol. The van der Waals surface area contributed by atoms with Crippen LogP contribution in [0.25, 0.3) is 11.1 Å². The SMILES string of the molecule is COc1ccc(C2(C)Cc3cc(C)cc(C)c3C(=C=Nc3ccccc3C)c3cc2ccc3OC)cc1C(=C=Nc1ccccc1C)c1c(C)cc(C)cc1C. The van der Waals surface area contributed by atoms with Crippen molar-refractivity contribution in [2.75, 3.05) is 14.2 Å². The van der Waals surface area contributed by atoms with E-state index >= 15 is 0 Å². The molecule has 0 saturated carbocycles. The normalized spacial score (nSPS) is 14.4. The van der Waals surface area contributed by atoms with E-state index in [1.54, 1.807) is 14.2 Å². The summed E-state index contributed by atoms with van der Waals surface area (Å²) in [5, 5.41) is 0. The number of hydrogen-bond acceptors (Lipinski definition) is 4. The molecule has 0 radical (unpaired) electrons. The topological polar surface area (TPSA) is 43.2 Å². The van der Waals surface area contributed by atoms with Gasteiger partial charge in [0.1, 0.15) is 11.5 Å². The summed E-state index contributed by atoms with van der Waals surface area (Å²) in [5.41, 5.74) is 19.0. The Morgan fingerprint density at radius 2 is 1.14 bits per heavy atom. The van der Waals surface area contributed by atoms with E-state index in [4.69, 9.17) is 19.5 Å². The summed E-state index contributed by atoms with van der Waals surface area (Å²) in [5.74, 6) is 8.65. The van der Waals surface area contributed by atoms with Crippen molar-refractivity contribution in [1.29, 1.82) is 0 Å². The lowest BCUT2D eigenvalue weighted by atomic mass is 9.68. The number of hydrogen-bond donors (Lipinski definition) is 0. The Kier molecular flexibility index (Phi) is 10.6. The number of ether oxygens (including phenoxy) is 2. The van der Waals surface area contributed by atoms with Gasteiger partial charge in [-0.05, 0) is 159 Å². The second kappa shape index (κ2) is 15.5. The van der Waals surface area contributed by atoms with E-state index in [0.29, 0.717) is 0 Å². The summed E-state index contributed by atoms with van der Waals surface area (Å²) >= 11 is 0. The standard InChI is InChI=1S/C52H50N2O2/c1-32-23-36(5)50(37(6)24-32)44(30-53-46-17-13-11-15-34(46)3)42-27-40(19-21-48(42)55-9)52(8)29-39-26-33(2)25-38(7)51(39)45(31-54-47-18-14-12-16-35(47)4)43-28-41(52)20-22-49(43)56-10/h11-28H,29H2,1-10H3. The highest BCUT2D eigenvalue weighted by molar-refractivity contribution is 6.04. The molecule has 4 nitrogen and oxygen atoms in total. The molecule has 1 unspecified atom stereocenters. The monoisotopic (exact) mass is 734 g/mol. The Morgan fingerprint density at radius 3 is 1.77 bits per heavy atom. The van der Waals surface area contributed by atoms with Crippen LogP contribution in [0, 0.1) is 48.5 Å². The van der Waals surface area contributed by atoms with Crippen LogP contribution in [0.15, 0.2) is 119 Å². The van der Waals surface area contributed by atoms with E-state index in [1.165, 1.54) is 38.9 Å². The molecule has 4 heteroatoms. The number of aryl methyl sites for hydroxylation is 7. The fraction of sp³-hybridized carbons (Fsp3) is 0.231. The van der Waals surface area contributed by atoms with Gasteiger partial charge in [0.2, 0.25) is 0 Å². The Hall–Kier alpha value is -6.18. The summed E-state index contributed by atoms with van der Waals surface area (Å²) < 4.78 is 12.2. The van der Waals surface area contributed by atoms with Crippen molar-refractivity contribution < 1.29 is 9.47 Å². The molecule has 7 rings (SSSR count). The van der Waals surface area contributed by atoms with Gasteiger partial charge in [-0.1, -0.05) is 90.8 Å². The highest BCUT2D eigenvalue weighted by atomic mass is 16.5. The number of nitrogens with zero attached hydrogens (tertiary/aromatic N) is 2. The second-order valence-corrected chi connectivity index (χ2v) is 15.5. The lowest BCUT2D eigenvalue weighted by Gasteiger charge is -2.36. The lowest BCUT2D eigenvalue weighted by molar-refractivity contribution is 0.412. The number of benzene rings is 6. The number of rotatable bonds is 7. The minimum Gasteiger partial charge on any atom is -0.496 e. The van der Waals surface area contributed by atoms with E-state index in [-0.39, 0.29) is 0 Å². The first-order chi connectivity index (χ1) is 26.9. The van der Waals surface area contributed by atoms with Crippen molar-refractivity contribution in [1.82, 2.24) is 0 Å². The fourth-order valence-corrected chi connectivity index (χ4v) is 8.48. The number of para-hydroxylation sites is 2. The first-order valence-corrected chi connectivity index (χ1v) is 19.3. The first-order valence-electron chi connectivity index (χ1n) is 19.3. The molecule has 1 aliphatic carbocycles. The van der Waals surface area contributed by atoms with Crippen molar-refractivity contribution in [3.8, 4) is 11.5 Å². The van der Waals surface area contributed by atoms with Gasteiger partial charge in [-0.15, -0.1) is 0 Å². The molecule has 6 aromatic rings. The first kappa shape index (κ1) is 38.1. The van der Waals surface area contributed by atoms with Gasteiger partial charge in [-0.3, -0.25) is 0 Å². The van der Waals surface area contributed by atoms with E-state index < -0.39 is 5.41 Å². The summed E-state index contributed by atoms with van der Waals surface area (Å²) in [6, 6.07) is 38.6. The predicted octanol–water partition coefficient (Wildman–Crippen LogP) is 12.6. The molecule has 0 aliphatic heterocycles. The van der Waals surface area contributed by atoms with E-state index in [0.717, 1.165) is 79.4 Å². The fourth-order valence-electron chi connectivity index (χ4n) is 8.48. The molecular formula is C52H50N2O2. The van der Waals surface area contributed by atoms with Crippen LogP contribution in [0.2, 0.25) is 0 Å². The molecule has 2 bridgehead atoms. The van der Waals surface area contributed by atoms with Gasteiger partial charge < -0.3 is 9.47 Å².